The molecule has 17 heavy (non-hydrogen) atoms. The lowest BCUT2D eigenvalue weighted by Gasteiger charge is -2.10. The maximum Gasteiger partial charge on any atom is 0.328 e. The van der Waals surface area contributed by atoms with Gasteiger partial charge in [-0.05, 0) is 17.7 Å². The van der Waals surface area contributed by atoms with Crippen LogP contribution in [0.15, 0.2) is 29.4 Å². The largest absolute Gasteiger partial charge is 0.478 e. The van der Waals surface area contributed by atoms with E-state index in [-0.39, 0.29) is 4.90 Å². The Hall–Kier alpha value is -1.73. The topological polar surface area (TPSA) is 87.6 Å². The number of hydrogen-bond donors (Lipinski definition) is 1. The maximum absolute atomic E-state index is 11.8. The lowest BCUT2D eigenvalue weighted by Crippen LogP contribution is -2.22. The summed E-state index contributed by atoms with van der Waals surface area (Å²) in [5.41, 5.74) is 0.412. The molecule has 92 valence electrons. The molecule has 0 saturated carbocycles. The molecule has 0 aliphatic carbocycles. The number of hydrogen-bond acceptors (Lipinski definition) is 4. The van der Waals surface area contributed by atoms with E-state index in [0.717, 1.165) is 10.4 Å². The van der Waals surface area contributed by atoms with Crippen molar-refractivity contribution in [2.24, 2.45) is 0 Å². The van der Waals surface area contributed by atoms with Crippen molar-refractivity contribution in [1.29, 1.82) is 0 Å². The van der Waals surface area contributed by atoms with Gasteiger partial charge in [-0.1, -0.05) is 0 Å². The number of carboxylic acid groups (broad SMARTS) is 1. The quantitative estimate of drug-likeness (QED) is 0.789. The van der Waals surface area contributed by atoms with Gasteiger partial charge >= 0.3 is 5.97 Å². The second-order valence-electron chi connectivity index (χ2n) is 3.41. The Morgan fingerprint density at radius 2 is 2.06 bits per heavy atom. The van der Waals surface area contributed by atoms with Gasteiger partial charge < -0.3 is 5.11 Å². The molecule has 0 unspecified atom stereocenters. The Bertz CT molecular complexity index is 549. The van der Waals surface area contributed by atoms with Crippen LogP contribution in [0.25, 0.3) is 6.08 Å². The third-order valence-electron chi connectivity index (χ3n) is 1.93. The van der Waals surface area contributed by atoms with Gasteiger partial charge in [-0.3, -0.25) is 4.98 Å². The van der Waals surface area contributed by atoms with E-state index >= 15 is 0 Å². The minimum Gasteiger partial charge on any atom is -0.478 e. The molecule has 1 rings (SSSR count). The van der Waals surface area contributed by atoms with E-state index < -0.39 is 16.0 Å². The molecular weight excluding hydrogens is 244 g/mol. The summed E-state index contributed by atoms with van der Waals surface area (Å²) >= 11 is 0. The van der Waals surface area contributed by atoms with Gasteiger partial charge in [0.1, 0.15) is 4.90 Å². The third kappa shape index (κ3) is 3.36. The molecule has 1 aromatic heterocycles. The Balaban J connectivity index is 3.15. The predicted octanol–water partition coefficient (Wildman–Crippen LogP) is 0.430. The summed E-state index contributed by atoms with van der Waals surface area (Å²) in [4.78, 5) is 14.1. The molecule has 1 heterocycles. The fourth-order valence-corrected chi connectivity index (χ4v) is 1.95. The average molecular weight is 256 g/mol. The Labute approximate surface area is 99.3 Å². The van der Waals surface area contributed by atoms with Crippen molar-refractivity contribution in [3.8, 4) is 0 Å². The van der Waals surface area contributed by atoms with Crippen LogP contribution in [0.4, 0.5) is 0 Å². The van der Waals surface area contributed by atoms with Gasteiger partial charge in [0.05, 0.1) is 0 Å². The van der Waals surface area contributed by atoms with Crippen LogP contribution in [-0.2, 0) is 14.8 Å². The van der Waals surface area contributed by atoms with Gasteiger partial charge in [-0.15, -0.1) is 0 Å². The third-order valence-corrected chi connectivity index (χ3v) is 3.71. The van der Waals surface area contributed by atoms with Crippen LogP contribution < -0.4 is 0 Å². The maximum atomic E-state index is 11.8. The number of carbonyl (C=O) groups is 1. The van der Waals surface area contributed by atoms with Crippen molar-refractivity contribution in [1.82, 2.24) is 9.29 Å². The minimum absolute atomic E-state index is 0.0232. The standard InChI is InChI=1S/C10H12N2O4S/c1-12(2)17(15,16)9-5-8(6-11-7-9)3-4-10(13)14/h3-7H,1-2H3,(H,13,14)/b4-3+. The van der Waals surface area contributed by atoms with Crippen molar-refractivity contribution >= 4 is 22.1 Å². The summed E-state index contributed by atoms with van der Waals surface area (Å²) in [5.74, 6) is -1.11. The fraction of sp³-hybridized carbons (Fsp3) is 0.200. The molecule has 0 saturated heterocycles. The highest BCUT2D eigenvalue weighted by atomic mass is 32.2. The van der Waals surface area contributed by atoms with Gasteiger partial charge in [0.2, 0.25) is 10.0 Å². The first-order chi connectivity index (χ1) is 7.84. The summed E-state index contributed by atoms with van der Waals surface area (Å²) in [6.07, 6.45) is 4.80. The van der Waals surface area contributed by atoms with Crippen LogP contribution in [0, 0.1) is 0 Å². The van der Waals surface area contributed by atoms with E-state index in [9.17, 15) is 13.2 Å². The van der Waals surface area contributed by atoms with Gasteiger partial charge in [-0.25, -0.2) is 17.5 Å². The second kappa shape index (κ2) is 5.07. The number of nitrogens with zero attached hydrogens (tertiary/aromatic N) is 2. The van der Waals surface area contributed by atoms with Crippen LogP contribution in [0.2, 0.25) is 0 Å². The monoisotopic (exact) mass is 256 g/mol. The number of aliphatic carboxylic acids is 1. The summed E-state index contributed by atoms with van der Waals surface area (Å²) in [6.45, 7) is 0. The van der Waals surface area contributed by atoms with E-state index in [1.807, 2.05) is 0 Å². The van der Waals surface area contributed by atoms with Crippen LogP contribution in [0.5, 0.6) is 0 Å². The molecule has 0 aliphatic heterocycles. The Kier molecular flexibility index (Phi) is 3.97. The molecular formula is C10H12N2O4S. The summed E-state index contributed by atoms with van der Waals surface area (Å²) in [5, 5.41) is 8.46. The highest BCUT2D eigenvalue weighted by molar-refractivity contribution is 7.89. The molecule has 6 nitrogen and oxygen atoms in total. The molecule has 0 amide bonds. The number of aromatic nitrogens is 1. The molecule has 1 aromatic rings. The van der Waals surface area contributed by atoms with E-state index in [4.69, 9.17) is 5.11 Å². The van der Waals surface area contributed by atoms with Crippen LogP contribution in [0.1, 0.15) is 5.56 Å². The molecule has 0 bridgehead atoms. The first kappa shape index (κ1) is 13.3. The zero-order valence-corrected chi connectivity index (χ0v) is 10.2. The number of pyridine rings is 1. The van der Waals surface area contributed by atoms with E-state index in [1.165, 1.54) is 38.6 Å². The Morgan fingerprint density at radius 1 is 1.41 bits per heavy atom. The molecule has 0 radical (unpaired) electrons. The number of rotatable bonds is 4. The number of carboxylic acids is 1. The average Bonchev–Trinajstić information content (AvgIpc) is 2.26. The molecule has 0 aromatic carbocycles. The van der Waals surface area contributed by atoms with E-state index in [0.29, 0.717) is 5.56 Å². The first-order valence-corrected chi connectivity index (χ1v) is 6.06. The molecule has 1 N–H and O–H groups in total. The van der Waals surface area contributed by atoms with Crippen molar-refractivity contribution in [2.45, 2.75) is 4.90 Å². The molecule has 0 spiro atoms. The van der Waals surface area contributed by atoms with Gasteiger partial charge in [-0.2, -0.15) is 0 Å². The van der Waals surface area contributed by atoms with Gasteiger partial charge in [0.15, 0.2) is 0 Å². The van der Waals surface area contributed by atoms with Gasteiger partial charge in [0.25, 0.3) is 0 Å². The van der Waals surface area contributed by atoms with Crippen LogP contribution >= 0.6 is 0 Å². The Morgan fingerprint density at radius 3 is 2.59 bits per heavy atom. The summed E-state index contributed by atoms with van der Waals surface area (Å²) in [6, 6.07) is 1.36. The highest BCUT2D eigenvalue weighted by Crippen LogP contribution is 2.13. The number of sulfonamides is 1. The van der Waals surface area contributed by atoms with Gasteiger partial charge in [0, 0.05) is 32.6 Å². The van der Waals surface area contributed by atoms with Crippen LogP contribution in [-0.4, -0.2) is 42.9 Å². The second-order valence-corrected chi connectivity index (χ2v) is 5.56. The zero-order chi connectivity index (χ0) is 13.1. The SMILES string of the molecule is CN(C)S(=O)(=O)c1cncc(/C=C/C(=O)O)c1. The van der Waals surface area contributed by atoms with Crippen LogP contribution in [0.3, 0.4) is 0 Å². The summed E-state index contributed by atoms with van der Waals surface area (Å²) < 4.78 is 24.6. The highest BCUT2D eigenvalue weighted by Gasteiger charge is 2.17. The normalized spacial score (nSPS) is 12.2. The lowest BCUT2D eigenvalue weighted by molar-refractivity contribution is -0.131. The predicted molar refractivity (Wildman–Crippen MR) is 61.8 cm³/mol. The molecule has 0 fully saturated rings. The summed E-state index contributed by atoms with van der Waals surface area (Å²) in [7, 11) is -0.725. The van der Waals surface area contributed by atoms with E-state index in [1.54, 1.807) is 0 Å². The fourth-order valence-electron chi connectivity index (χ4n) is 1.05. The van der Waals surface area contributed by atoms with Crippen molar-refractivity contribution < 1.29 is 18.3 Å². The minimum atomic E-state index is -3.55. The van der Waals surface area contributed by atoms with E-state index in [2.05, 4.69) is 4.98 Å². The van der Waals surface area contributed by atoms with Crippen molar-refractivity contribution in [3.63, 3.8) is 0 Å². The molecule has 0 atom stereocenters. The molecule has 7 heteroatoms. The molecule has 0 aliphatic rings. The zero-order valence-electron chi connectivity index (χ0n) is 9.36. The lowest BCUT2D eigenvalue weighted by atomic mass is 10.2. The van der Waals surface area contributed by atoms with Crippen molar-refractivity contribution in [3.05, 3.63) is 30.1 Å². The first-order valence-electron chi connectivity index (χ1n) is 4.62. The van der Waals surface area contributed by atoms with Crippen molar-refractivity contribution in [2.75, 3.05) is 14.1 Å². The smallest absolute Gasteiger partial charge is 0.328 e.